The van der Waals surface area contributed by atoms with E-state index >= 15 is 0 Å². The maximum atomic E-state index is 11.5. The number of imidazole rings is 2. The second-order valence-corrected chi connectivity index (χ2v) is 13.6. The molecule has 0 bridgehead atoms. The zero-order chi connectivity index (χ0) is 34.9. The van der Waals surface area contributed by atoms with E-state index in [2.05, 4.69) is 34.0 Å². The van der Waals surface area contributed by atoms with Gasteiger partial charge in [0.25, 0.3) is 0 Å². The first-order valence-electron chi connectivity index (χ1n) is 9.45. The molecule has 0 aliphatic rings. The fourth-order valence-electron chi connectivity index (χ4n) is 1.36. The number of H-pyrrole nitrogens is 1. The largest absolute Gasteiger partial charge is 0.512 e. The van der Waals surface area contributed by atoms with E-state index in [1.807, 2.05) is 17.8 Å². The normalized spacial score (nSPS) is 13.4. The molecule has 0 unspecified atom stereocenters. The van der Waals surface area contributed by atoms with E-state index in [1.165, 1.54) is 0 Å². The lowest BCUT2D eigenvalue weighted by molar-refractivity contribution is -0.671. The van der Waals surface area contributed by atoms with E-state index in [1.54, 1.807) is 18.7 Å². The van der Waals surface area contributed by atoms with Crippen LogP contribution in [-0.2, 0) is 53.7 Å². The third kappa shape index (κ3) is 14.6. The molecule has 14 nitrogen and oxygen atoms in total. The van der Waals surface area contributed by atoms with Gasteiger partial charge >= 0.3 is 42.1 Å². The van der Waals surface area contributed by atoms with Gasteiger partial charge in [0, 0.05) is 12.4 Å². The number of halogens is 12. The van der Waals surface area contributed by atoms with E-state index in [9.17, 15) is 86.4 Å². The van der Waals surface area contributed by atoms with Gasteiger partial charge in [-0.05, 0) is 6.92 Å². The highest BCUT2D eigenvalue weighted by Crippen LogP contribution is 2.36. The summed E-state index contributed by atoms with van der Waals surface area (Å²) in [6, 6.07) is 0. The van der Waals surface area contributed by atoms with Crippen LogP contribution >= 0.6 is 0 Å². The lowest BCUT2D eigenvalue weighted by Crippen LogP contribution is -2.45. The maximum Gasteiger partial charge on any atom is 0.512 e. The molecule has 0 aromatic carbocycles. The van der Waals surface area contributed by atoms with Crippen LogP contribution in [0, 0.1) is 0 Å². The summed E-state index contributed by atoms with van der Waals surface area (Å²) in [5, 5.41) is 0. The number of alkyl halides is 12. The van der Waals surface area contributed by atoms with E-state index in [0.717, 1.165) is 10.7 Å². The molecular weight excluding hydrogens is 724 g/mol. The van der Waals surface area contributed by atoms with Crippen molar-refractivity contribution in [2.24, 2.45) is 7.05 Å². The van der Waals surface area contributed by atoms with Crippen LogP contribution in [0.3, 0.4) is 0 Å². The molecular formula is C13H16F12N6O8S4. The lowest BCUT2D eigenvalue weighted by atomic mass is 10.7. The zero-order valence-corrected chi connectivity index (χ0v) is 23.7. The Morgan fingerprint density at radius 2 is 1.16 bits per heavy atom. The maximum absolute atomic E-state index is 11.5. The van der Waals surface area contributed by atoms with Gasteiger partial charge in [-0.2, -0.15) is 52.7 Å². The Labute approximate surface area is 233 Å². The molecule has 254 valence electrons. The minimum Gasteiger partial charge on any atom is -0.421 e. The molecule has 0 atom stereocenters. The standard InChI is InChI=1S/C6H11N2.C3H4N2.C2HF6NO4S2.C2F6NO4S2/c1-3-8-5-4-7(2)6-8;1-2-5-3-4-1;2*3-1(4,5)14(10,11)9-15(12,13)2(6,7)8/h4-6H,3H2,1-2H3;1-3H,(H,4,5);9H;/q+1;;;-1. The van der Waals surface area contributed by atoms with E-state index in [4.69, 9.17) is 0 Å². The summed E-state index contributed by atoms with van der Waals surface area (Å²) in [5.41, 5.74) is -24.7. The summed E-state index contributed by atoms with van der Waals surface area (Å²) >= 11 is 0. The van der Waals surface area contributed by atoms with Crippen LogP contribution in [0.1, 0.15) is 6.92 Å². The molecule has 43 heavy (non-hydrogen) atoms. The van der Waals surface area contributed by atoms with Gasteiger partial charge in [-0.3, -0.25) is 0 Å². The van der Waals surface area contributed by atoms with Crippen molar-refractivity contribution in [3.05, 3.63) is 41.6 Å². The van der Waals surface area contributed by atoms with Crippen molar-refractivity contribution in [2.45, 2.75) is 35.5 Å². The molecule has 0 aliphatic heterocycles. The SMILES string of the molecule is CCn1cc[n+](C)c1.O=S(=O)(NS(=O)(=O)C(F)(F)F)C(F)(F)F.O=S(=O)([N-]S(=O)(=O)C(F)(F)F)C(F)(F)F.c1c[nH]cn1. The third-order valence-corrected chi connectivity index (χ3v) is 8.92. The van der Waals surface area contributed by atoms with E-state index in [-0.39, 0.29) is 0 Å². The Morgan fingerprint density at radius 1 is 0.767 bits per heavy atom. The number of rotatable bonds is 5. The molecule has 2 rings (SSSR count). The molecule has 0 saturated heterocycles. The topological polar surface area (TPSA) is 200 Å². The summed E-state index contributed by atoms with van der Waals surface area (Å²) < 4.78 is 222. The first kappa shape index (κ1) is 42.4. The number of aromatic amines is 1. The highest BCUT2D eigenvalue weighted by atomic mass is 32.3. The van der Waals surface area contributed by atoms with Crippen molar-refractivity contribution in [1.82, 2.24) is 18.7 Å². The number of nitrogens with one attached hydrogen (secondary N) is 2. The molecule has 0 spiro atoms. The summed E-state index contributed by atoms with van der Waals surface area (Å²) in [4.78, 5) is 6.42. The number of aryl methyl sites for hydroxylation is 2. The predicted octanol–water partition coefficient (Wildman–Crippen LogP) is 2.08. The zero-order valence-electron chi connectivity index (χ0n) is 20.4. The molecule has 0 amide bonds. The van der Waals surface area contributed by atoms with Gasteiger partial charge in [0.2, 0.25) is 6.33 Å². The number of hydrogen-bond donors (Lipinski definition) is 2. The molecule has 2 aromatic heterocycles. The lowest BCUT2D eigenvalue weighted by Gasteiger charge is -2.22. The Balaban J connectivity index is 0. The third-order valence-electron chi connectivity index (χ3n) is 3.20. The first-order valence-corrected chi connectivity index (χ1v) is 15.3. The first-order chi connectivity index (χ1) is 18.7. The van der Waals surface area contributed by atoms with Gasteiger partial charge in [0.15, 0.2) is 20.0 Å². The summed E-state index contributed by atoms with van der Waals surface area (Å²) in [6.07, 6.45) is 11.2. The average Bonchev–Trinajstić information content (AvgIpc) is 3.45. The molecule has 2 N–H and O–H groups in total. The molecule has 2 heterocycles. The van der Waals surface area contributed by atoms with Crippen LogP contribution in [0.15, 0.2) is 37.4 Å². The van der Waals surface area contributed by atoms with Gasteiger partial charge in [0.1, 0.15) is 12.4 Å². The molecule has 30 heteroatoms. The Hall–Kier alpha value is -2.70. The Kier molecular flexibility index (Phi) is 14.7. The Morgan fingerprint density at radius 3 is 1.33 bits per heavy atom. The molecule has 0 fully saturated rings. The van der Waals surface area contributed by atoms with Crippen molar-refractivity contribution < 1.29 is 90.9 Å². The number of aromatic nitrogens is 4. The van der Waals surface area contributed by atoms with Crippen LogP contribution in [0.2, 0.25) is 0 Å². The fourth-order valence-corrected chi connectivity index (χ4v) is 4.98. The van der Waals surface area contributed by atoms with Crippen LogP contribution in [-0.4, -0.2) is 70.2 Å². The number of sulfonamides is 4. The van der Waals surface area contributed by atoms with Crippen molar-refractivity contribution in [2.75, 3.05) is 0 Å². The van der Waals surface area contributed by atoms with Gasteiger partial charge in [-0.15, -0.1) is 0 Å². The van der Waals surface area contributed by atoms with Crippen LogP contribution in [0.25, 0.3) is 4.13 Å². The summed E-state index contributed by atoms with van der Waals surface area (Å²) in [7, 11) is -24.6. The molecule has 0 saturated carbocycles. The highest BCUT2D eigenvalue weighted by Gasteiger charge is 2.55. The van der Waals surface area contributed by atoms with Crippen molar-refractivity contribution in [1.29, 1.82) is 0 Å². The van der Waals surface area contributed by atoms with E-state index < -0.39 is 66.3 Å². The van der Waals surface area contributed by atoms with Crippen LogP contribution < -0.4 is 8.69 Å². The fraction of sp³-hybridized carbons (Fsp3) is 0.538. The second-order valence-electron chi connectivity index (χ2n) is 6.57. The minimum atomic E-state index is -6.72. The summed E-state index contributed by atoms with van der Waals surface area (Å²) in [6.45, 7) is 3.18. The highest BCUT2D eigenvalue weighted by molar-refractivity contribution is 8.13. The van der Waals surface area contributed by atoms with Crippen molar-refractivity contribution in [3.8, 4) is 0 Å². The second kappa shape index (κ2) is 14.9. The van der Waals surface area contributed by atoms with Crippen LogP contribution in [0.4, 0.5) is 52.7 Å². The van der Waals surface area contributed by atoms with Gasteiger partial charge in [0.05, 0.1) is 19.9 Å². The van der Waals surface area contributed by atoms with Gasteiger partial charge in [-0.1, -0.05) is 4.13 Å². The van der Waals surface area contributed by atoms with Gasteiger partial charge < -0.3 is 9.11 Å². The molecule has 2 aromatic rings. The monoisotopic (exact) mass is 740 g/mol. The molecule has 0 radical (unpaired) electrons. The summed E-state index contributed by atoms with van der Waals surface area (Å²) in [5.74, 6) is 0. The Bertz CT molecular complexity index is 1370. The quantitative estimate of drug-likeness (QED) is 0.340. The number of nitrogens with zero attached hydrogens (tertiary/aromatic N) is 4. The van der Waals surface area contributed by atoms with Crippen LogP contribution in [0.5, 0.6) is 0 Å². The minimum absolute atomic E-state index is 0.493. The molecule has 0 aliphatic carbocycles. The van der Waals surface area contributed by atoms with Crippen molar-refractivity contribution >= 4 is 40.1 Å². The van der Waals surface area contributed by atoms with Gasteiger partial charge in [-0.25, -0.2) is 47.8 Å². The predicted molar refractivity (Wildman–Crippen MR) is 116 cm³/mol. The number of hydrogen-bond acceptors (Lipinski definition) is 9. The van der Waals surface area contributed by atoms with E-state index in [0.29, 0.717) is 0 Å². The average molecular weight is 741 g/mol. The smallest absolute Gasteiger partial charge is 0.421 e. The van der Waals surface area contributed by atoms with Crippen molar-refractivity contribution in [3.63, 3.8) is 0 Å².